The van der Waals surface area contributed by atoms with E-state index in [1.807, 2.05) is 13.0 Å². The van der Waals surface area contributed by atoms with E-state index in [4.69, 9.17) is 16.0 Å². The van der Waals surface area contributed by atoms with Gasteiger partial charge in [-0.2, -0.15) is 0 Å². The van der Waals surface area contributed by atoms with Gasteiger partial charge in [-0.25, -0.2) is 0 Å². The Morgan fingerprint density at radius 1 is 1.38 bits per heavy atom. The number of benzene rings is 1. The monoisotopic (exact) mass is 381 g/mol. The predicted octanol–water partition coefficient (Wildman–Crippen LogP) is 2.31. The molecule has 4 N–H and O–H groups in total. The quantitative estimate of drug-likeness (QED) is 0.499. The summed E-state index contributed by atoms with van der Waals surface area (Å²) in [7, 11) is -1.73. The Kier molecular flexibility index (Phi) is 7.52. The van der Waals surface area contributed by atoms with Gasteiger partial charge in [0.1, 0.15) is 0 Å². The van der Waals surface area contributed by atoms with Crippen molar-refractivity contribution in [1.82, 2.24) is 5.32 Å². The zero-order valence-corrected chi connectivity index (χ0v) is 15.7. The maximum Gasteiger partial charge on any atom is 0.475 e. The van der Waals surface area contributed by atoms with E-state index in [2.05, 4.69) is 5.32 Å². The Morgan fingerprint density at radius 3 is 2.77 bits per heavy atom. The fourth-order valence-corrected chi connectivity index (χ4v) is 3.21. The summed E-state index contributed by atoms with van der Waals surface area (Å²) >= 11 is 6.08. The third-order valence-electron chi connectivity index (χ3n) is 4.45. The molecule has 0 aliphatic carbocycles. The summed E-state index contributed by atoms with van der Waals surface area (Å²) in [5.74, 6) is -1.66. The van der Waals surface area contributed by atoms with Gasteiger partial charge in [0, 0.05) is 11.3 Å². The number of carbonyl (C=O) groups is 1. The molecule has 3 atom stereocenters. The summed E-state index contributed by atoms with van der Waals surface area (Å²) in [6, 6.07) is 5.32. The summed E-state index contributed by atoms with van der Waals surface area (Å²) in [6.07, 6.45) is 2.94. The first-order valence-corrected chi connectivity index (χ1v) is 9.20. The number of hydrogen-bond donors (Lipinski definition) is 4. The minimum atomic E-state index is -1.73. The van der Waals surface area contributed by atoms with E-state index in [-0.39, 0.29) is 12.3 Å². The van der Waals surface area contributed by atoms with Gasteiger partial charge in [0.2, 0.25) is 5.91 Å². The van der Waals surface area contributed by atoms with E-state index in [0.29, 0.717) is 23.4 Å². The van der Waals surface area contributed by atoms with Crippen molar-refractivity contribution in [3.63, 3.8) is 0 Å². The van der Waals surface area contributed by atoms with Crippen molar-refractivity contribution in [3.8, 4) is 0 Å². The summed E-state index contributed by atoms with van der Waals surface area (Å²) in [5, 5.41) is 33.1. The van der Waals surface area contributed by atoms with E-state index in [1.54, 1.807) is 19.1 Å². The van der Waals surface area contributed by atoms with Gasteiger partial charge < -0.3 is 24.9 Å². The van der Waals surface area contributed by atoms with E-state index >= 15 is 0 Å². The molecule has 1 aromatic carbocycles. The number of furan rings is 1. The van der Waals surface area contributed by atoms with Crippen LogP contribution in [-0.4, -0.2) is 40.2 Å². The third-order valence-corrected chi connectivity index (χ3v) is 4.75. The number of hydrogen-bond acceptors (Lipinski definition) is 5. The average molecular weight is 382 g/mol. The highest BCUT2D eigenvalue weighted by Crippen LogP contribution is 2.28. The van der Waals surface area contributed by atoms with Crippen LogP contribution in [0.5, 0.6) is 0 Å². The highest BCUT2D eigenvalue weighted by molar-refractivity contribution is 6.43. The lowest BCUT2D eigenvalue weighted by atomic mass is 9.75. The number of amides is 1. The number of aliphatic hydroxyl groups is 1. The lowest BCUT2D eigenvalue weighted by Gasteiger charge is -2.21. The second-order valence-electron chi connectivity index (χ2n) is 6.69. The molecule has 2 aromatic rings. The molecule has 2 rings (SSSR count). The Hall–Kier alpha value is -1.54. The van der Waals surface area contributed by atoms with Crippen molar-refractivity contribution < 1.29 is 24.4 Å². The van der Waals surface area contributed by atoms with Crippen molar-refractivity contribution in [1.29, 1.82) is 0 Å². The standard InChI is InChI=1S/C18H25BClNO5/c1-3-5-13(22)8-11(2)18(23)21-16(19(24)25)9-12-10-26-17-14(12)6-4-7-15(17)20/h4,6-7,10-11,13,16,22,24-25H,3,5,8-9H2,1-2H3,(H,21,23)/t11-,13?,16+/m1/s1. The molecule has 26 heavy (non-hydrogen) atoms. The first kappa shape index (κ1) is 20.8. The van der Waals surface area contributed by atoms with E-state index < -0.39 is 25.1 Å². The number of nitrogens with one attached hydrogen (secondary N) is 1. The van der Waals surface area contributed by atoms with Crippen LogP contribution in [0.25, 0.3) is 11.0 Å². The van der Waals surface area contributed by atoms with Crippen LogP contribution in [0.1, 0.15) is 38.7 Å². The molecule has 8 heteroatoms. The Bertz CT molecular complexity index is 735. The lowest BCUT2D eigenvalue weighted by molar-refractivity contribution is -0.125. The number of rotatable bonds is 9. The predicted molar refractivity (Wildman–Crippen MR) is 102 cm³/mol. The first-order chi connectivity index (χ1) is 12.3. The van der Waals surface area contributed by atoms with Crippen LogP contribution in [0.3, 0.4) is 0 Å². The molecule has 0 saturated heterocycles. The van der Waals surface area contributed by atoms with Crippen molar-refractivity contribution in [2.24, 2.45) is 5.92 Å². The van der Waals surface area contributed by atoms with Crippen LogP contribution in [0.4, 0.5) is 0 Å². The van der Waals surface area contributed by atoms with Gasteiger partial charge in [0.05, 0.1) is 23.3 Å². The van der Waals surface area contributed by atoms with Crippen LogP contribution in [-0.2, 0) is 11.2 Å². The maximum atomic E-state index is 12.4. The first-order valence-electron chi connectivity index (χ1n) is 8.82. The molecule has 1 heterocycles. The van der Waals surface area contributed by atoms with Crippen molar-refractivity contribution >= 4 is 35.6 Å². The molecule has 0 fully saturated rings. The van der Waals surface area contributed by atoms with Crippen LogP contribution in [0.2, 0.25) is 5.02 Å². The van der Waals surface area contributed by atoms with Crippen molar-refractivity contribution in [2.75, 3.05) is 0 Å². The minimum absolute atomic E-state index is 0.182. The molecule has 0 aliphatic rings. The zero-order chi connectivity index (χ0) is 19.3. The fourth-order valence-electron chi connectivity index (χ4n) is 2.99. The smallest absolute Gasteiger partial charge is 0.462 e. The fraction of sp³-hybridized carbons (Fsp3) is 0.500. The molecule has 0 spiro atoms. The molecule has 142 valence electrons. The number of carbonyl (C=O) groups excluding carboxylic acids is 1. The molecule has 0 saturated carbocycles. The van der Waals surface area contributed by atoms with E-state index in [0.717, 1.165) is 17.4 Å². The highest BCUT2D eigenvalue weighted by Gasteiger charge is 2.29. The Balaban J connectivity index is 2.06. The Labute approximate surface area is 158 Å². The van der Waals surface area contributed by atoms with Crippen molar-refractivity contribution in [2.45, 2.75) is 51.6 Å². The van der Waals surface area contributed by atoms with Crippen LogP contribution in [0, 0.1) is 5.92 Å². The number of aliphatic hydroxyl groups excluding tert-OH is 1. The highest BCUT2D eigenvalue weighted by atomic mass is 35.5. The molecule has 1 amide bonds. The van der Waals surface area contributed by atoms with Gasteiger partial charge in [-0.1, -0.05) is 44.0 Å². The lowest BCUT2D eigenvalue weighted by Crippen LogP contribution is -2.49. The minimum Gasteiger partial charge on any atom is -0.462 e. The zero-order valence-electron chi connectivity index (χ0n) is 15.0. The molecule has 0 aliphatic heterocycles. The van der Waals surface area contributed by atoms with Gasteiger partial charge in [-0.15, -0.1) is 0 Å². The second-order valence-corrected chi connectivity index (χ2v) is 7.10. The van der Waals surface area contributed by atoms with Crippen LogP contribution in [0.15, 0.2) is 28.9 Å². The molecule has 1 aromatic heterocycles. The second kappa shape index (κ2) is 9.42. The maximum absolute atomic E-state index is 12.4. The number of para-hydroxylation sites is 1. The van der Waals surface area contributed by atoms with E-state index in [1.165, 1.54) is 6.26 Å². The van der Waals surface area contributed by atoms with Gasteiger partial charge in [0.15, 0.2) is 5.58 Å². The Morgan fingerprint density at radius 2 is 2.12 bits per heavy atom. The summed E-state index contributed by atoms with van der Waals surface area (Å²) in [5.41, 5.74) is 1.25. The summed E-state index contributed by atoms with van der Waals surface area (Å²) < 4.78 is 5.45. The normalized spacial score (nSPS) is 14.8. The van der Waals surface area contributed by atoms with E-state index in [9.17, 15) is 19.9 Å². The molecule has 0 radical (unpaired) electrons. The molecule has 6 nitrogen and oxygen atoms in total. The van der Waals surface area contributed by atoms with Crippen LogP contribution >= 0.6 is 11.6 Å². The molecular formula is C18H25BClNO5. The van der Waals surface area contributed by atoms with Gasteiger partial charge >= 0.3 is 7.12 Å². The van der Waals surface area contributed by atoms with Gasteiger partial charge in [-0.05, 0) is 30.9 Å². The SMILES string of the molecule is CCCC(O)C[C@@H](C)C(=O)N[C@@H](Cc1coc2c(Cl)cccc12)B(O)O. The number of fused-ring (bicyclic) bond motifs is 1. The molecule has 0 bridgehead atoms. The van der Waals surface area contributed by atoms with Gasteiger partial charge in [-0.3, -0.25) is 4.79 Å². The van der Waals surface area contributed by atoms with Crippen LogP contribution < -0.4 is 5.32 Å². The van der Waals surface area contributed by atoms with Gasteiger partial charge in [0.25, 0.3) is 0 Å². The molecule has 1 unspecified atom stereocenters. The largest absolute Gasteiger partial charge is 0.475 e. The third kappa shape index (κ3) is 5.24. The topological polar surface area (TPSA) is 103 Å². The average Bonchev–Trinajstić information content (AvgIpc) is 2.98. The molecular weight excluding hydrogens is 356 g/mol. The summed E-state index contributed by atoms with van der Waals surface area (Å²) in [6.45, 7) is 3.68. The summed E-state index contributed by atoms with van der Waals surface area (Å²) in [4.78, 5) is 12.4. The number of halogens is 1. The van der Waals surface area contributed by atoms with Crippen molar-refractivity contribution in [3.05, 3.63) is 35.0 Å².